The van der Waals surface area contributed by atoms with Gasteiger partial charge in [0.15, 0.2) is 0 Å². The number of carbonyl (C=O) groups excluding carboxylic acids is 1. The zero-order valence-corrected chi connectivity index (χ0v) is 11.7. The molecule has 1 atom stereocenters. The summed E-state index contributed by atoms with van der Waals surface area (Å²) in [5.41, 5.74) is 0.692. The Balaban J connectivity index is 2.36. The van der Waals surface area contributed by atoms with Gasteiger partial charge in [0.1, 0.15) is 5.75 Å². The summed E-state index contributed by atoms with van der Waals surface area (Å²) in [5, 5.41) is 11.3. The maximum absolute atomic E-state index is 11.6. The van der Waals surface area contributed by atoms with Gasteiger partial charge in [-0.3, -0.25) is 9.59 Å². The second-order valence-electron chi connectivity index (χ2n) is 4.00. The molecule has 5 nitrogen and oxygen atoms in total. The molecule has 0 saturated carbocycles. The SMILES string of the molecule is COc1ccc(NC(=O)CSC(C)CC(=O)O)cc1. The van der Waals surface area contributed by atoms with E-state index in [0.29, 0.717) is 5.69 Å². The Hall–Kier alpha value is -1.69. The largest absolute Gasteiger partial charge is 0.497 e. The molecule has 0 bridgehead atoms. The first kappa shape index (κ1) is 15.4. The van der Waals surface area contributed by atoms with Crippen LogP contribution in [-0.4, -0.2) is 35.1 Å². The first-order valence-corrected chi connectivity index (χ1v) is 6.83. The lowest BCUT2D eigenvalue weighted by Crippen LogP contribution is -2.16. The van der Waals surface area contributed by atoms with Gasteiger partial charge in [0.25, 0.3) is 0 Å². The predicted molar refractivity (Wildman–Crippen MR) is 75.8 cm³/mol. The molecule has 6 heteroatoms. The number of nitrogens with one attached hydrogen (secondary N) is 1. The highest BCUT2D eigenvalue weighted by molar-refractivity contribution is 8.00. The van der Waals surface area contributed by atoms with Crippen LogP contribution in [-0.2, 0) is 9.59 Å². The van der Waals surface area contributed by atoms with E-state index in [-0.39, 0.29) is 23.3 Å². The van der Waals surface area contributed by atoms with Crippen molar-refractivity contribution in [3.63, 3.8) is 0 Å². The number of aliphatic carboxylic acids is 1. The van der Waals surface area contributed by atoms with Crippen LogP contribution in [0.3, 0.4) is 0 Å². The van der Waals surface area contributed by atoms with Crippen molar-refractivity contribution in [3.05, 3.63) is 24.3 Å². The number of thioether (sulfide) groups is 1. The molecule has 0 aromatic heterocycles. The van der Waals surface area contributed by atoms with Crippen molar-refractivity contribution in [2.45, 2.75) is 18.6 Å². The molecule has 1 unspecified atom stereocenters. The number of anilines is 1. The minimum Gasteiger partial charge on any atom is -0.497 e. The fourth-order valence-electron chi connectivity index (χ4n) is 1.39. The summed E-state index contributed by atoms with van der Waals surface area (Å²) in [5.74, 6) is -0.0362. The van der Waals surface area contributed by atoms with Gasteiger partial charge in [0.2, 0.25) is 5.91 Å². The molecular weight excluding hydrogens is 266 g/mol. The van der Waals surface area contributed by atoms with Crippen molar-refractivity contribution in [3.8, 4) is 5.75 Å². The van der Waals surface area contributed by atoms with Crippen LogP contribution >= 0.6 is 11.8 Å². The Morgan fingerprint density at radius 1 is 1.37 bits per heavy atom. The van der Waals surface area contributed by atoms with Crippen LogP contribution < -0.4 is 10.1 Å². The van der Waals surface area contributed by atoms with E-state index in [1.54, 1.807) is 38.3 Å². The Morgan fingerprint density at radius 2 is 2.00 bits per heavy atom. The highest BCUT2D eigenvalue weighted by Gasteiger charge is 2.10. The van der Waals surface area contributed by atoms with E-state index < -0.39 is 5.97 Å². The van der Waals surface area contributed by atoms with Crippen LogP contribution in [0.5, 0.6) is 5.75 Å². The number of carboxylic acids is 1. The van der Waals surface area contributed by atoms with E-state index in [2.05, 4.69) is 5.32 Å². The third-order valence-electron chi connectivity index (χ3n) is 2.33. The second-order valence-corrected chi connectivity index (χ2v) is 5.42. The molecule has 0 fully saturated rings. The Kier molecular flexibility index (Phi) is 6.21. The molecular formula is C13H17NO4S. The van der Waals surface area contributed by atoms with Crippen LogP contribution in [0, 0.1) is 0 Å². The highest BCUT2D eigenvalue weighted by atomic mass is 32.2. The normalized spacial score (nSPS) is 11.7. The number of hydrogen-bond donors (Lipinski definition) is 2. The number of rotatable bonds is 7. The summed E-state index contributed by atoms with van der Waals surface area (Å²) in [6.45, 7) is 1.79. The van der Waals surface area contributed by atoms with Gasteiger partial charge in [0.05, 0.1) is 19.3 Å². The molecule has 0 aliphatic rings. The van der Waals surface area contributed by atoms with Crippen molar-refractivity contribution in [1.29, 1.82) is 0 Å². The molecule has 19 heavy (non-hydrogen) atoms. The van der Waals surface area contributed by atoms with Gasteiger partial charge in [-0.1, -0.05) is 6.92 Å². The van der Waals surface area contributed by atoms with Gasteiger partial charge < -0.3 is 15.2 Å². The van der Waals surface area contributed by atoms with Crippen molar-refractivity contribution in [2.75, 3.05) is 18.2 Å². The van der Waals surface area contributed by atoms with Crippen molar-refractivity contribution in [2.24, 2.45) is 0 Å². The fraction of sp³-hybridized carbons (Fsp3) is 0.385. The molecule has 0 heterocycles. The molecule has 0 spiro atoms. The van der Waals surface area contributed by atoms with E-state index in [1.807, 2.05) is 0 Å². The molecule has 1 amide bonds. The zero-order chi connectivity index (χ0) is 14.3. The smallest absolute Gasteiger partial charge is 0.304 e. The average molecular weight is 283 g/mol. The average Bonchev–Trinajstić information content (AvgIpc) is 2.36. The van der Waals surface area contributed by atoms with E-state index in [4.69, 9.17) is 9.84 Å². The predicted octanol–water partition coefficient (Wildman–Crippen LogP) is 2.23. The number of carboxylic acid groups (broad SMARTS) is 1. The first-order valence-electron chi connectivity index (χ1n) is 5.78. The lowest BCUT2D eigenvalue weighted by atomic mass is 10.3. The molecule has 2 N–H and O–H groups in total. The molecule has 0 saturated heterocycles. The summed E-state index contributed by atoms with van der Waals surface area (Å²) in [6.07, 6.45) is 0.0560. The summed E-state index contributed by atoms with van der Waals surface area (Å²) >= 11 is 1.32. The van der Waals surface area contributed by atoms with Crippen LogP contribution in [0.4, 0.5) is 5.69 Å². The minimum absolute atomic E-state index is 0.0560. The standard InChI is InChI=1S/C13H17NO4S/c1-9(7-13(16)17)19-8-12(15)14-10-3-5-11(18-2)6-4-10/h3-6,9H,7-8H2,1-2H3,(H,14,15)(H,16,17). The lowest BCUT2D eigenvalue weighted by Gasteiger charge is -2.09. The Bertz CT molecular complexity index is 433. The van der Waals surface area contributed by atoms with Crippen molar-refractivity contribution >= 4 is 29.3 Å². The van der Waals surface area contributed by atoms with E-state index in [0.717, 1.165) is 5.75 Å². The monoisotopic (exact) mass is 283 g/mol. The van der Waals surface area contributed by atoms with Crippen LogP contribution in [0.15, 0.2) is 24.3 Å². The molecule has 0 aliphatic carbocycles. The summed E-state index contributed by atoms with van der Waals surface area (Å²) in [4.78, 5) is 22.1. The topological polar surface area (TPSA) is 75.6 Å². The Labute approximate surface area is 116 Å². The quantitative estimate of drug-likeness (QED) is 0.802. The zero-order valence-electron chi connectivity index (χ0n) is 10.9. The number of carbonyl (C=O) groups is 2. The minimum atomic E-state index is -0.851. The maximum Gasteiger partial charge on any atom is 0.304 e. The maximum atomic E-state index is 11.6. The first-order chi connectivity index (χ1) is 9.01. The fourth-order valence-corrected chi connectivity index (χ4v) is 2.16. The lowest BCUT2D eigenvalue weighted by molar-refractivity contribution is -0.136. The second kappa shape index (κ2) is 7.68. The molecule has 0 radical (unpaired) electrons. The van der Waals surface area contributed by atoms with Gasteiger partial charge in [-0.15, -0.1) is 11.8 Å². The van der Waals surface area contributed by atoms with Gasteiger partial charge in [-0.05, 0) is 24.3 Å². The van der Waals surface area contributed by atoms with Gasteiger partial charge in [-0.2, -0.15) is 0 Å². The van der Waals surface area contributed by atoms with E-state index in [9.17, 15) is 9.59 Å². The van der Waals surface area contributed by atoms with Crippen LogP contribution in [0.25, 0.3) is 0 Å². The molecule has 104 valence electrons. The highest BCUT2D eigenvalue weighted by Crippen LogP contribution is 2.17. The van der Waals surface area contributed by atoms with Crippen LogP contribution in [0.2, 0.25) is 0 Å². The van der Waals surface area contributed by atoms with Gasteiger partial charge in [0, 0.05) is 10.9 Å². The summed E-state index contributed by atoms with van der Waals surface area (Å²) < 4.78 is 5.02. The van der Waals surface area contributed by atoms with E-state index >= 15 is 0 Å². The third kappa shape index (κ3) is 6.15. The third-order valence-corrected chi connectivity index (χ3v) is 3.50. The molecule has 1 aromatic carbocycles. The molecule has 1 aromatic rings. The van der Waals surface area contributed by atoms with Gasteiger partial charge >= 0.3 is 5.97 Å². The number of benzene rings is 1. The molecule has 1 rings (SSSR count). The summed E-state index contributed by atoms with van der Waals surface area (Å²) in [6, 6.07) is 7.02. The summed E-state index contributed by atoms with van der Waals surface area (Å²) in [7, 11) is 1.58. The van der Waals surface area contributed by atoms with E-state index in [1.165, 1.54) is 11.8 Å². The van der Waals surface area contributed by atoms with Crippen molar-refractivity contribution in [1.82, 2.24) is 0 Å². The molecule has 0 aliphatic heterocycles. The van der Waals surface area contributed by atoms with Crippen molar-refractivity contribution < 1.29 is 19.4 Å². The number of hydrogen-bond acceptors (Lipinski definition) is 4. The number of methoxy groups -OCH3 is 1. The van der Waals surface area contributed by atoms with Gasteiger partial charge in [-0.25, -0.2) is 0 Å². The number of ether oxygens (including phenoxy) is 1. The number of amides is 1. The Morgan fingerprint density at radius 3 is 2.53 bits per heavy atom. The van der Waals surface area contributed by atoms with Crippen LogP contribution in [0.1, 0.15) is 13.3 Å².